The summed E-state index contributed by atoms with van der Waals surface area (Å²) < 4.78 is 37.5. The number of aromatic amines is 1. The van der Waals surface area contributed by atoms with Gasteiger partial charge in [-0.05, 0) is 0 Å². The number of nitrogens with one attached hydrogen (secondary N) is 1. The third-order valence-corrected chi connectivity index (χ3v) is 7.76. The number of hydrogen-bond acceptors (Lipinski definition) is 16. The van der Waals surface area contributed by atoms with E-state index in [0.29, 0.717) is 0 Å². The van der Waals surface area contributed by atoms with Gasteiger partial charge in [0.15, 0.2) is 35.1 Å². The highest BCUT2D eigenvalue weighted by Gasteiger charge is 2.47. The molecule has 1 unspecified atom stereocenters. The van der Waals surface area contributed by atoms with Gasteiger partial charge in [0, 0.05) is 6.42 Å². The summed E-state index contributed by atoms with van der Waals surface area (Å²) in [6.45, 7) is -1.09. The molecule has 220 valence electrons. The van der Waals surface area contributed by atoms with Crippen molar-refractivity contribution in [2.24, 2.45) is 0 Å². The van der Waals surface area contributed by atoms with Gasteiger partial charge in [0.2, 0.25) is 5.95 Å². The summed E-state index contributed by atoms with van der Waals surface area (Å²) in [5.41, 5.74) is 11.3. The fourth-order valence-electron chi connectivity index (χ4n) is 4.82. The van der Waals surface area contributed by atoms with Crippen molar-refractivity contribution in [3.8, 4) is 0 Å². The lowest BCUT2D eigenvalue weighted by molar-refractivity contribution is -0.0615. The van der Waals surface area contributed by atoms with E-state index in [1.54, 1.807) is 0 Å². The molecule has 41 heavy (non-hydrogen) atoms. The van der Waals surface area contributed by atoms with Crippen molar-refractivity contribution in [2.45, 2.75) is 49.4 Å². The number of nitrogens with two attached hydrogens (primary N) is 2. The molecule has 0 saturated carbocycles. The van der Waals surface area contributed by atoms with Crippen molar-refractivity contribution in [1.29, 1.82) is 0 Å². The van der Waals surface area contributed by atoms with E-state index in [4.69, 9.17) is 30.0 Å². The average molecular weight is 596 g/mol. The summed E-state index contributed by atoms with van der Waals surface area (Å²) in [7, 11) is -4.86. The molecule has 9 N–H and O–H groups in total. The first kappa shape index (κ1) is 27.6. The van der Waals surface area contributed by atoms with Gasteiger partial charge in [-0.15, -0.1) is 0 Å². The van der Waals surface area contributed by atoms with Crippen LogP contribution in [0.1, 0.15) is 18.9 Å². The van der Waals surface area contributed by atoms with Gasteiger partial charge in [-0.25, -0.2) is 24.5 Å². The Morgan fingerprint density at radius 2 is 1.78 bits per heavy atom. The monoisotopic (exact) mass is 596 g/mol. The van der Waals surface area contributed by atoms with Crippen molar-refractivity contribution in [1.82, 2.24) is 39.0 Å². The number of aromatic nitrogens is 8. The summed E-state index contributed by atoms with van der Waals surface area (Å²) >= 11 is 0. The maximum Gasteiger partial charge on any atom is 0.472 e. The van der Waals surface area contributed by atoms with E-state index in [9.17, 15) is 29.6 Å². The Labute approximate surface area is 228 Å². The molecule has 2 aliphatic heterocycles. The molecule has 4 aromatic heterocycles. The number of fused-ring (bicyclic) bond motifs is 2. The van der Waals surface area contributed by atoms with Crippen molar-refractivity contribution in [2.75, 3.05) is 24.7 Å². The largest absolute Gasteiger partial charge is 0.472 e. The van der Waals surface area contributed by atoms with Crippen LogP contribution < -0.4 is 17.0 Å². The third kappa shape index (κ3) is 4.94. The van der Waals surface area contributed by atoms with E-state index in [-0.39, 0.29) is 40.5 Å². The first-order chi connectivity index (χ1) is 19.6. The molecule has 21 heteroatoms. The van der Waals surface area contributed by atoms with Crippen molar-refractivity contribution >= 4 is 41.9 Å². The maximum absolute atomic E-state index is 13.0. The fourth-order valence-corrected chi connectivity index (χ4v) is 5.75. The fraction of sp³-hybridized carbons (Fsp3) is 0.500. The highest BCUT2D eigenvalue weighted by Crippen LogP contribution is 2.50. The van der Waals surface area contributed by atoms with Crippen LogP contribution in [0.2, 0.25) is 0 Å². The molecule has 6 rings (SSSR count). The molecule has 4 aromatic rings. The molecule has 0 radical (unpaired) electrons. The summed E-state index contributed by atoms with van der Waals surface area (Å²) in [5, 5.41) is 30.8. The van der Waals surface area contributed by atoms with Crippen LogP contribution in [0, 0.1) is 0 Å². The first-order valence-electron chi connectivity index (χ1n) is 12.1. The smallest absolute Gasteiger partial charge is 0.394 e. The van der Waals surface area contributed by atoms with Gasteiger partial charge >= 0.3 is 7.82 Å². The van der Waals surface area contributed by atoms with E-state index < -0.39 is 69.6 Å². The number of aliphatic hydroxyl groups is 3. The van der Waals surface area contributed by atoms with Gasteiger partial charge in [0.05, 0.1) is 32.0 Å². The number of phosphoric ester groups is 1. The van der Waals surface area contributed by atoms with E-state index in [2.05, 4.69) is 29.9 Å². The maximum atomic E-state index is 13.0. The lowest BCUT2D eigenvalue weighted by Crippen LogP contribution is -2.33. The predicted molar refractivity (Wildman–Crippen MR) is 134 cm³/mol. The molecular formula is C20H25N10O10P. The number of phosphoric acid groups is 1. The Balaban J connectivity index is 1.16. The van der Waals surface area contributed by atoms with Crippen LogP contribution in [-0.4, -0.2) is 103 Å². The molecule has 0 amide bonds. The summed E-state index contributed by atoms with van der Waals surface area (Å²) in [6, 6.07) is 0. The van der Waals surface area contributed by atoms with Crippen LogP contribution in [0.5, 0.6) is 0 Å². The number of hydrogen-bond donors (Lipinski definition) is 7. The Morgan fingerprint density at radius 1 is 1.05 bits per heavy atom. The molecule has 0 aliphatic carbocycles. The van der Waals surface area contributed by atoms with Crippen LogP contribution in [0.3, 0.4) is 0 Å². The summed E-state index contributed by atoms with van der Waals surface area (Å²) in [4.78, 5) is 45.1. The molecule has 2 saturated heterocycles. The number of anilines is 2. The highest BCUT2D eigenvalue weighted by molar-refractivity contribution is 7.47. The van der Waals surface area contributed by atoms with E-state index in [0.717, 1.165) is 0 Å². The lowest BCUT2D eigenvalue weighted by atomic mass is 10.1. The molecule has 6 heterocycles. The number of imidazole rings is 2. The molecule has 2 aliphatic rings. The Bertz CT molecular complexity index is 1690. The van der Waals surface area contributed by atoms with Crippen molar-refractivity contribution < 1.29 is 43.3 Å². The van der Waals surface area contributed by atoms with Gasteiger partial charge in [-0.3, -0.25) is 28.0 Å². The van der Waals surface area contributed by atoms with Crippen LogP contribution >= 0.6 is 7.82 Å². The van der Waals surface area contributed by atoms with Gasteiger partial charge in [0.1, 0.15) is 36.3 Å². The molecule has 0 spiro atoms. The van der Waals surface area contributed by atoms with Gasteiger partial charge < -0.3 is 41.2 Å². The molecule has 0 bridgehead atoms. The van der Waals surface area contributed by atoms with Gasteiger partial charge in [-0.1, -0.05) is 0 Å². The second-order valence-electron chi connectivity index (χ2n) is 9.38. The second-order valence-corrected chi connectivity index (χ2v) is 10.8. The molecule has 8 atom stereocenters. The first-order valence-corrected chi connectivity index (χ1v) is 13.6. The van der Waals surface area contributed by atoms with E-state index in [1.165, 1.54) is 28.1 Å². The van der Waals surface area contributed by atoms with Crippen LogP contribution in [0.4, 0.5) is 11.8 Å². The summed E-state index contributed by atoms with van der Waals surface area (Å²) in [6.07, 6.45) is -4.85. The van der Waals surface area contributed by atoms with Gasteiger partial charge in [0.25, 0.3) is 5.56 Å². The third-order valence-electron chi connectivity index (χ3n) is 6.74. The van der Waals surface area contributed by atoms with E-state index >= 15 is 0 Å². The van der Waals surface area contributed by atoms with Crippen molar-refractivity contribution in [3.05, 3.63) is 29.3 Å². The number of rotatable bonds is 8. The quantitative estimate of drug-likeness (QED) is 0.104. The molecular weight excluding hydrogens is 571 g/mol. The number of H-pyrrole nitrogens is 1. The minimum atomic E-state index is -4.86. The number of nitrogen functional groups attached to an aromatic ring is 2. The topological polar surface area (TPSA) is 294 Å². The Kier molecular flexibility index (Phi) is 6.96. The summed E-state index contributed by atoms with van der Waals surface area (Å²) in [5.74, 6) is -0.0859. The van der Waals surface area contributed by atoms with E-state index in [1.807, 2.05) is 0 Å². The Hall–Kier alpha value is -3.59. The lowest BCUT2D eigenvalue weighted by Gasteiger charge is -2.23. The zero-order chi connectivity index (χ0) is 29.1. The Morgan fingerprint density at radius 3 is 2.54 bits per heavy atom. The van der Waals surface area contributed by atoms with Crippen LogP contribution in [-0.2, 0) is 23.1 Å². The SMILES string of the molecule is Nc1nc2c(ncn2[C@@H]2O[C@H](CO)C[C@H]2OP(=O)(O)OC[C@H]2O[C@@H](n3cnc4c(N)ncnc43)[C@H](O)[C@@H]2O)c(=O)[nH]1. The zero-order valence-corrected chi connectivity index (χ0v) is 21.8. The zero-order valence-electron chi connectivity index (χ0n) is 20.9. The standard InChI is InChI=1S/C20H25N10O10P/c21-14-10-15(24-4-23-14)29(5-25-10)19-13(33)12(32)9(39-19)3-37-41(35,36)40-8-1-7(2-31)38-18(8)30-6-26-11-16(30)27-20(22)28-17(11)34/h4-9,12-13,18-19,31-33H,1-3H2,(H,35,36)(H2,21,23,24)(H3,22,27,28,34)/t7-,8+,9+,12+,13+,18+,19+/m0/s1. The number of ether oxygens (including phenoxy) is 2. The predicted octanol–water partition coefficient (Wildman–Crippen LogP) is -2.47. The number of nitrogens with zero attached hydrogens (tertiary/aromatic N) is 7. The van der Waals surface area contributed by atoms with Crippen LogP contribution in [0.25, 0.3) is 22.3 Å². The van der Waals surface area contributed by atoms with Crippen LogP contribution in [0.15, 0.2) is 23.8 Å². The minimum Gasteiger partial charge on any atom is -0.394 e. The average Bonchev–Trinajstić information content (AvgIpc) is 3.69. The van der Waals surface area contributed by atoms with Gasteiger partial charge in [-0.2, -0.15) is 4.98 Å². The highest BCUT2D eigenvalue weighted by atomic mass is 31.2. The van der Waals surface area contributed by atoms with Crippen molar-refractivity contribution in [3.63, 3.8) is 0 Å². The molecule has 20 nitrogen and oxygen atoms in total. The minimum absolute atomic E-state index is 0.0266. The normalized spacial score (nSPS) is 29.9. The molecule has 2 fully saturated rings. The second kappa shape index (κ2) is 10.4. The number of aliphatic hydroxyl groups excluding tert-OH is 3. The molecule has 0 aromatic carbocycles.